The van der Waals surface area contributed by atoms with E-state index in [9.17, 15) is 0 Å². The molecule has 5 heteroatoms. The molecule has 0 aliphatic rings. The first-order chi connectivity index (χ1) is 19.2. The van der Waals surface area contributed by atoms with E-state index in [4.69, 9.17) is 20.7 Å². The number of nitrogens with one attached hydrogen (secondary N) is 1. The van der Waals surface area contributed by atoms with Crippen molar-refractivity contribution < 1.29 is 0 Å². The number of aromatic nitrogens is 3. The van der Waals surface area contributed by atoms with Crippen molar-refractivity contribution in [2.75, 3.05) is 18.1 Å². The van der Waals surface area contributed by atoms with Gasteiger partial charge < -0.3 is 11.1 Å². The fraction of sp³-hybridized carbons (Fsp3) is 0.0294. The van der Waals surface area contributed by atoms with Crippen LogP contribution in [0.5, 0.6) is 0 Å². The number of nitrogens with zero attached hydrogens (tertiary/aromatic N) is 3. The van der Waals surface area contributed by atoms with Gasteiger partial charge in [-0.3, -0.25) is 0 Å². The number of benzene rings is 5. The number of rotatable bonds is 6. The van der Waals surface area contributed by atoms with Crippen molar-refractivity contribution in [1.29, 1.82) is 0 Å². The van der Waals surface area contributed by atoms with E-state index < -0.39 is 0 Å². The minimum Gasteiger partial charge on any atom is -0.399 e. The third-order valence-electron chi connectivity index (χ3n) is 6.64. The molecule has 0 fully saturated rings. The fourth-order valence-corrected chi connectivity index (χ4v) is 4.53. The van der Waals surface area contributed by atoms with E-state index >= 15 is 0 Å². The van der Waals surface area contributed by atoms with Crippen LogP contribution in [-0.2, 0) is 0 Å². The van der Waals surface area contributed by atoms with E-state index in [0.29, 0.717) is 17.5 Å². The third kappa shape index (κ3) is 5.24. The highest BCUT2D eigenvalue weighted by molar-refractivity contribution is 5.81. The summed E-state index contributed by atoms with van der Waals surface area (Å²) in [4.78, 5) is 14.8. The van der Waals surface area contributed by atoms with Crippen molar-refractivity contribution in [2.24, 2.45) is 0 Å². The summed E-state index contributed by atoms with van der Waals surface area (Å²) < 4.78 is 0. The van der Waals surface area contributed by atoms with E-state index in [1.165, 1.54) is 0 Å². The largest absolute Gasteiger partial charge is 0.399 e. The van der Waals surface area contributed by atoms with Crippen LogP contribution >= 0.6 is 0 Å². The number of anilines is 2. The summed E-state index contributed by atoms with van der Waals surface area (Å²) >= 11 is 0. The zero-order valence-electron chi connectivity index (χ0n) is 21.5. The average Bonchev–Trinajstić information content (AvgIpc) is 3.02. The van der Waals surface area contributed by atoms with E-state index in [1.54, 1.807) is 0 Å². The van der Waals surface area contributed by atoms with Crippen LogP contribution in [0.3, 0.4) is 0 Å². The summed E-state index contributed by atoms with van der Waals surface area (Å²) in [5.41, 5.74) is 14.9. The van der Waals surface area contributed by atoms with Crippen molar-refractivity contribution in [3.63, 3.8) is 0 Å². The summed E-state index contributed by atoms with van der Waals surface area (Å²) in [6.07, 6.45) is 0. The van der Waals surface area contributed by atoms with E-state index in [1.807, 2.05) is 92.0 Å². The Labute approximate surface area is 228 Å². The predicted molar refractivity (Wildman–Crippen MR) is 161 cm³/mol. The lowest BCUT2D eigenvalue weighted by molar-refractivity contribution is 1.07. The quantitative estimate of drug-likeness (QED) is 0.226. The predicted octanol–water partition coefficient (Wildman–Crippen LogP) is 7.83. The summed E-state index contributed by atoms with van der Waals surface area (Å²) in [6.45, 7) is 0. The summed E-state index contributed by atoms with van der Waals surface area (Å²) in [5, 5.41) is 3.19. The molecule has 5 aromatic carbocycles. The molecule has 0 saturated heterocycles. The highest BCUT2D eigenvalue weighted by atomic mass is 15.0. The SMILES string of the molecule is CNc1ccc(-c2cc(-c3ccc(N)cc3)cc(-c3nc(-c4ccccc4)nc(-c4ccccc4)n3)c2)cc1. The topological polar surface area (TPSA) is 76.7 Å². The van der Waals surface area contributed by atoms with Crippen molar-refractivity contribution in [3.8, 4) is 56.4 Å². The summed E-state index contributed by atoms with van der Waals surface area (Å²) in [6, 6.07) is 42.9. The lowest BCUT2D eigenvalue weighted by Crippen LogP contribution is -2.00. The van der Waals surface area contributed by atoms with Gasteiger partial charge in [-0.15, -0.1) is 0 Å². The maximum atomic E-state index is 5.98. The molecule has 0 unspecified atom stereocenters. The van der Waals surface area contributed by atoms with Crippen LogP contribution in [0.2, 0.25) is 0 Å². The maximum absolute atomic E-state index is 5.98. The summed E-state index contributed by atoms with van der Waals surface area (Å²) in [5.74, 6) is 1.89. The van der Waals surface area contributed by atoms with Gasteiger partial charge in [-0.25, -0.2) is 15.0 Å². The molecule has 6 aromatic rings. The molecule has 0 spiro atoms. The molecule has 0 saturated carbocycles. The van der Waals surface area contributed by atoms with Gasteiger partial charge in [0, 0.05) is 35.1 Å². The second-order valence-corrected chi connectivity index (χ2v) is 9.29. The Morgan fingerprint density at radius 1 is 0.436 bits per heavy atom. The Kier molecular flexibility index (Phi) is 6.54. The molecule has 0 radical (unpaired) electrons. The van der Waals surface area contributed by atoms with Gasteiger partial charge in [0.1, 0.15) is 0 Å². The molecular formula is C34H27N5. The molecule has 0 bridgehead atoms. The number of hydrogen-bond donors (Lipinski definition) is 2. The average molecular weight is 506 g/mol. The molecule has 5 nitrogen and oxygen atoms in total. The zero-order chi connectivity index (χ0) is 26.6. The number of nitrogen functional groups attached to an aromatic ring is 1. The Hall–Kier alpha value is -5.29. The molecule has 0 atom stereocenters. The minimum absolute atomic E-state index is 0.619. The van der Waals surface area contributed by atoms with Gasteiger partial charge in [-0.1, -0.05) is 84.9 Å². The monoisotopic (exact) mass is 505 g/mol. The standard InChI is InChI=1S/C34H27N5/c1-36-31-18-14-24(15-19-31)28-20-27(23-12-16-30(35)17-13-23)21-29(22-28)34-38-32(25-8-4-2-5-9-25)37-33(39-34)26-10-6-3-7-11-26/h2-22,36H,35H2,1H3. The Bertz CT molecular complexity index is 1660. The third-order valence-corrected chi connectivity index (χ3v) is 6.64. The van der Waals surface area contributed by atoms with Crippen molar-refractivity contribution in [1.82, 2.24) is 15.0 Å². The first-order valence-corrected chi connectivity index (χ1v) is 12.8. The number of hydrogen-bond acceptors (Lipinski definition) is 5. The van der Waals surface area contributed by atoms with Crippen LogP contribution in [0.15, 0.2) is 127 Å². The van der Waals surface area contributed by atoms with Gasteiger partial charge in [0.2, 0.25) is 0 Å². The van der Waals surface area contributed by atoms with Crippen LogP contribution in [0.4, 0.5) is 11.4 Å². The molecule has 188 valence electrons. The van der Waals surface area contributed by atoms with Crippen LogP contribution < -0.4 is 11.1 Å². The van der Waals surface area contributed by atoms with Gasteiger partial charge in [-0.2, -0.15) is 0 Å². The Balaban J connectivity index is 1.56. The first kappa shape index (κ1) is 24.1. The zero-order valence-corrected chi connectivity index (χ0v) is 21.5. The van der Waals surface area contributed by atoms with Gasteiger partial charge in [0.25, 0.3) is 0 Å². The van der Waals surface area contributed by atoms with Crippen LogP contribution in [0.1, 0.15) is 0 Å². The lowest BCUT2D eigenvalue weighted by Gasteiger charge is -2.13. The maximum Gasteiger partial charge on any atom is 0.164 e. The Morgan fingerprint density at radius 2 is 0.846 bits per heavy atom. The first-order valence-electron chi connectivity index (χ1n) is 12.8. The molecule has 39 heavy (non-hydrogen) atoms. The van der Waals surface area contributed by atoms with Gasteiger partial charge in [0.15, 0.2) is 17.5 Å². The molecule has 1 aromatic heterocycles. The normalized spacial score (nSPS) is 10.8. The van der Waals surface area contributed by atoms with E-state index in [0.717, 1.165) is 50.3 Å². The molecule has 0 amide bonds. The fourth-order valence-electron chi connectivity index (χ4n) is 4.53. The minimum atomic E-state index is 0.619. The summed E-state index contributed by atoms with van der Waals surface area (Å²) in [7, 11) is 1.92. The smallest absolute Gasteiger partial charge is 0.164 e. The van der Waals surface area contributed by atoms with Crippen LogP contribution in [0, 0.1) is 0 Å². The van der Waals surface area contributed by atoms with E-state index in [-0.39, 0.29) is 0 Å². The highest BCUT2D eigenvalue weighted by Gasteiger charge is 2.14. The van der Waals surface area contributed by atoms with Crippen LogP contribution in [-0.4, -0.2) is 22.0 Å². The molecule has 6 rings (SSSR count). The van der Waals surface area contributed by atoms with Crippen molar-refractivity contribution >= 4 is 11.4 Å². The molecule has 0 aliphatic carbocycles. The van der Waals surface area contributed by atoms with Gasteiger partial charge in [-0.05, 0) is 64.7 Å². The van der Waals surface area contributed by atoms with E-state index in [2.05, 4.69) is 47.8 Å². The van der Waals surface area contributed by atoms with Crippen LogP contribution in [0.25, 0.3) is 56.4 Å². The number of nitrogens with two attached hydrogens (primary N) is 1. The second-order valence-electron chi connectivity index (χ2n) is 9.29. The molecular weight excluding hydrogens is 478 g/mol. The van der Waals surface area contributed by atoms with Crippen molar-refractivity contribution in [3.05, 3.63) is 127 Å². The molecule has 0 aliphatic heterocycles. The highest BCUT2D eigenvalue weighted by Crippen LogP contribution is 2.34. The lowest BCUT2D eigenvalue weighted by atomic mass is 9.95. The van der Waals surface area contributed by atoms with Gasteiger partial charge in [0.05, 0.1) is 0 Å². The molecule has 1 heterocycles. The van der Waals surface area contributed by atoms with Gasteiger partial charge >= 0.3 is 0 Å². The van der Waals surface area contributed by atoms with Crippen molar-refractivity contribution in [2.45, 2.75) is 0 Å². The Morgan fingerprint density at radius 3 is 1.31 bits per heavy atom. The molecule has 3 N–H and O–H groups in total. The second kappa shape index (κ2) is 10.6.